The molecule has 0 spiro atoms. The fraction of sp³-hybridized carbons (Fsp3) is 0.273. The largest absolute Gasteiger partial charge is 0.466 e. The topological polar surface area (TPSA) is 102 Å². The van der Waals surface area contributed by atoms with Gasteiger partial charge in [0.1, 0.15) is 0 Å². The number of sulfone groups is 1. The van der Waals surface area contributed by atoms with Crippen molar-refractivity contribution in [1.29, 1.82) is 0 Å². The number of nitrogens with one attached hydrogen (secondary N) is 2. The molecule has 0 radical (unpaired) electrons. The van der Waals surface area contributed by atoms with Gasteiger partial charge in [-0.25, -0.2) is 18.0 Å². The van der Waals surface area contributed by atoms with Crippen LogP contribution in [-0.4, -0.2) is 33.3 Å². The van der Waals surface area contributed by atoms with Gasteiger partial charge in [-0.05, 0) is 43.5 Å². The molecule has 1 heterocycles. The lowest BCUT2D eigenvalue weighted by atomic mass is 9.95. The fourth-order valence-corrected chi connectivity index (χ4v) is 5.09. The number of aryl methyl sites for hydroxylation is 3. The molecule has 2 N–H and O–H groups in total. The van der Waals surface area contributed by atoms with Crippen LogP contribution in [0.3, 0.4) is 0 Å². The van der Waals surface area contributed by atoms with Crippen LogP contribution in [0.1, 0.15) is 28.3 Å². The molecule has 0 aromatic heterocycles. The lowest BCUT2D eigenvalue weighted by Crippen LogP contribution is -2.47. The van der Waals surface area contributed by atoms with E-state index in [0.717, 1.165) is 11.1 Å². The number of carbonyl (C=O) groups is 2. The highest BCUT2D eigenvalue weighted by Gasteiger charge is 2.35. The zero-order valence-corrected chi connectivity index (χ0v) is 18.1. The second-order valence-corrected chi connectivity index (χ2v) is 9.31. The standard InChI is InChI=1S/C22H24N2O5S/c1-13-6-9-16(10-7-13)20-19(21(25)29-4)17(23-22(26)24-20)12-30(27,28)18-11-14(2)5-8-15(18)3/h5-11,20H,12H2,1-4H3,(H2,23,24,26). The summed E-state index contributed by atoms with van der Waals surface area (Å²) in [7, 11) is -2.61. The Hall–Kier alpha value is -3.13. The van der Waals surface area contributed by atoms with Crippen molar-refractivity contribution in [3.05, 3.63) is 76.0 Å². The van der Waals surface area contributed by atoms with E-state index in [-0.39, 0.29) is 16.2 Å². The first-order valence-corrected chi connectivity index (χ1v) is 11.0. The maximum atomic E-state index is 13.2. The number of urea groups is 1. The molecule has 0 bridgehead atoms. The predicted molar refractivity (Wildman–Crippen MR) is 113 cm³/mol. The van der Waals surface area contributed by atoms with Crippen molar-refractivity contribution in [2.45, 2.75) is 31.7 Å². The van der Waals surface area contributed by atoms with E-state index in [1.165, 1.54) is 7.11 Å². The van der Waals surface area contributed by atoms with E-state index in [1.54, 1.807) is 38.1 Å². The van der Waals surface area contributed by atoms with Gasteiger partial charge in [-0.15, -0.1) is 0 Å². The smallest absolute Gasteiger partial charge is 0.338 e. The van der Waals surface area contributed by atoms with E-state index in [1.807, 2.05) is 25.1 Å². The molecule has 2 amide bonds. The Kier molecular flexibility index (Phi) is 5.98. The number of esters is 1. The fourth-order valence-electron chi connectivity index (χ4n) is 3.40. The maximum absolute atomic E-state index is 13.2. The molecule has 1 unspecified atom stereocenters. The lowest BCUT2D eigenvalue weighted by molar-refractivity contribution is -0.136. The summed E-state index contributed by atoms with van der Waals surface area (Å²) in [5, 5.41) is 5.19. The van der Waals surface area contributed by atoms with Crippen molar-refractivity contribution >= 4 is 21.8 Å². The predicted octanol–water partition coefficient (Wildman–Crippen LogP) is 2.87. The second-order valence-electron chi connectivity index (χ2n) is 7.35. The molecule has 2 aromatic rings. The summed E-state index contributed by atoms with van der Waals surface area (Å²) in [5.74, 6) is -1.24. The lowest BCUT2D eigenvalue weighted by Gasteiger charge is -2.29. The molecule has 1 atom stereocenters. The van der Waals surface area contributed by atoms with E-state index in [9.17, 15) is 18.0 Å². The molecule has 1 aliphatic rings. The molecule has 7 nitrogen and oxygen atoms in total. The molecule has 0 saturated carbocycles. The van der Waals surface area contributed by atoms with Crippen molar-refractivity contribution in [3.63, 3.8) is 0 Å². The highest BCUT2D eigenvalue weighted by Crippen LogP contribution is 2.30. The van der Waals surface area contributed by atoms with Gasteiger partial charge in [0.15, 0.2) is 9.84 Å². The Morgan fingerprint density at radius 1 is 1.03 bits per heavy atom. The number of ether oxygens (including phenoxy) is 1. The minimum Gasteiger partial charge on any atom is -0.466 e. The third-order valence-electron chi connectivity index (χ3n) is 4.98. The summed E-state index contributed by atoms with van der Waals surface area (Å²) in [6, 6.07) is 11.0. The molecule has 3 rings (SSSR count). The van der Waals surface area contributed by atoms with E-state index in [2.05, 4.69) is 10.6 Å². The molecule has 0 saturated heterocycles. The maximum Gasteiger partial charge on any atom is 0.338 e. The van der Waals surface area contributed by atoms with E-state index in [4.69, 9.17) is 4.74 Å². The quantitative estimate of drug-likeness (QED) is 0.713. The van der Waals surface area contributed by atoms with Crippen molar-refractivity contribution in [2.24, 2.45) is 0 Å². The Bertz CT molecular complexity index is 1130. The zero-order chi connectivity index (χ0) is 22.1. The summed E-state index contributed by atoms with van der Waals surface area (Å²) in [5.41, 5.74) is 3.13. The molecule has 2 aromatic carbocycles. The van der Waals surface area contributed by atoms with Crippen LogP contribution in [0, 0.1) is 20.8 Å². The van der Waals surface area contributed by atoms with Crippen molar-refractivity contribution in [1.82, 2.24) is 10.6 Å². The summed E-state index contributed by atoms with van der Waals surface area (Å²) >= 11 is 0. The minimum atomic E-state index is -3.83. The van der Waals surface area contributed by atoms with Crippen LogP contribution in [0.5, 0.6) is 0 Å². The third-order valence-corrected chi connectivity index (χ3v) is 6.76. The molecular formula is C22H24N2O5S. The summed E-state index contributed by atoms with van der Waals surface area (Å²) in [4.78, 5) is 25.1. The van der Waals surface area contributed by atoms with Crippen LogP contribution >= 0.6 is 0 Å². The van der Waals surface area contributed by atoms with Crippen molar-refractivity contribution in [2.75, 3.05) is 12.9 Å². The van der Waals surface area contributed by atoms with E-state index >= 15 is 0 Å². The van der Waals surface area contributed by atoms with Gasteiger partial charge < -0.3 is 15.4 Å². The van der Waals surface area contributed by atoms with Gasteiger partial charge in [-0.3, -0.25) is 0 Å². The normalized spacial score (nSPS) is 16.7. The van der Waals surface area contributed by atoms with Gasteiger partial charge in [0.2, 0.25) is 0 Å². The van der Waals surface area contributed by atoms with Gasteiger partial charge >= 0.3 is 12.0 Å². The molecule has 0 aliphatic carbocycles. The summed E-state index contributed by atoms with van der Waals surface area (Å²) in [6.45, 7) is 5.43. The van der Waals surface area contributed by atoms with Gasteiger partial charge in [0, 0.05) is 5.70 Å². The van der Waals surface area contributed by atoms with Crippen molar-refractivity contribution < 1.29 is 22.7 Å². The number of benzene rings is 2. The van der Waals surface area contributed by atoms with Gasteiger partial charge in [0.25, 0.3) is 0 Å². The van der Waals surface area contributed by atoms with E-state index in [0.29, 0.717) is 11.1 Å². The van der Waals surface area contributed by atoms with Crippen LogP contribution in [-0.2, 0) is 19.4 Å². The first kappa shape index (κ1) is 21.6. The van der Waals surface area contributed by atoms with Crippen LogP contribution in [0.15, 0.2) is 58.6 Å². The number of carbonyl (C=O) groups excluding carboxylic acids is 2. The second kappa shape index (κ2) is 8.31. The number of methoxy groups -OCH3 is 1. The van der Waals surface area contributed by atoms with Gasteiger partial charge in [0.05, 0.1) is 29.4 Å². The molecule has 30 heavy (non-hydrogen) atoms. The molecule has 8 heteroatoms. The van der Waals surface area contributed by atoms with Crippen LogP contribution in [0.4, 0.5) is 4.79 Å². The highest BCUT2D eigenvalue weighted by atomic mass is 32.2. The highest BCUT2D eigenvalue weighted by molar-refractivity contribution is 7.91. The van der Waals surface area contributed by atoms with Crippen LogP contribution < -0.4 is 10.6 Å². The van der Waals surface area contributed by atoms with Crippen LogP contribution in [0.25, 0.3) is 0 Å². The minimum absolute atomic E-state index is 0.0112. The third kappa shape index (κ3) is 4.38. The SMILES string of the molecule is COC(=O)C1=C(CS(=O)(=O)c2cc(C)ccc2C)NC(=O)NC1c1ccc(C)cc1. The van der Waals surface area contributed by atoms with Crippen LogP contribution in [0.2, 0.25) is 0 Å². The monoisotopic (exact) mass is 428 g/mol. The Morgan fingerprint density at radius 3 is 2.30 bits per heavy atom. The Labute approximate surface area is 176 Å². The molecule has 158 valence electrons. The number of hydrogen-bond acceptors (Lipinski definition) is 5. The molecule has 1 aliphatic heterocycles. The number of rotatable bonds is 5. The molecular weight excluding hydrogens is 404 g/mol. The summed E-state index contributed by atoms with van der Waals surface area (Å²) in [6.07, 6.45) is 0. The molecule has 0 fully saturated rings. The average molecular weight is 429 g/mol. The zero-order valence-electron chi connectivity index (χ0n) is 17.3. The van der Waals surface area contributed by atoms with Crippen molar-refractivity contribution in [3.8, 4) is 0 Å². The number of hydrogen-bond donors (Lipinski definition) is 2. The van der Waals surface area contributed by atoms with E-state index < -0.39 is 33.6 Å². The van der Waals surface area contributed by atoms with Gasteiger partial charge in [-0.2, -0.15) is 0 Å². The first-order chi connectivity index (χ1) is 14.1. The average Bonchev–Trinajstić information content (AvgIpc) is 2.69. The van der Waals surface area contributed by atoms with Gasteiger partial charge in [-0.1, -0.05) is 42.0 Å². The first-order valence-electron chi connectivity index (χ1n) is 9.38. The number of amides is 2. The Balaban J connectivity index is 2.12. The Morgan fingerprint density at radius 2 is 1.67 bits per heavy atom. The summed E-state index contributed by atoms with van der Waals surface area (Å²) < 4.78 is 31.2.